The molecule has 0 bridgehead atoms. The standard InChI is InChI=1S/C43H30/c1-43(2)40-16-6-5-14-36(40)37-22-21-31(26-41(37)43)28-19-17-27(18-20-28)29-9-7-10-30(23-29)33-24-32-11-8-15-38-34-12-3-4-13-35(34)39(25-33)42(32)38/h3-26H,1-2H3. The van der Waals surface area contributed by atoms with Crippen LogP contribution in [0.15, 0.2) is 146 Å². The van der Waals surface area contributed by atoms with E-state index in [4.69, 9.17) is 0 Å². The van der Waals surface area contributed by atoms with Gasteiger partial charge in [0.15, 0.2) is 0 Å². The molecule has 0 saturated carbocycles. The minimum absolute atomic E-state index is 0.00802. The molecule has 0 aliphatic heterocycles. The first-order valence-electron chi connectivity index (χ1n) is 15.2. The second-order valence-corrected chi connectivity index (χ2v) is 12.6. The smallest absolute Gasteiger partial charge is 0.0159 e. The van der Waals surface area contributed by atoms with Crippen molar-refractivity contribution in [2.45, 2.75) is 19.3 Å². The Morgan fingerprint density at radius 3 is 1.65 bits per heavy atom. The molecule has 0 nitrogen and oxygen atoms in total. The quantitative estimate of drug-likeness (QED) is 0.207. The second-order valence-electron chi connectivity index (χ2n) is 12.6. The fourth-order valence-corrected chi connectivity index (χ4v) is 7.60. The van der Waals surface area contributed by atoms with Crippen LogP contribution in [0, 0.1) is 0 Å². The topological polar surface area (TPSA) is 0 Å². The molecule has 7 aromatic carbocycles. The Morgan fingerprint density at radius 2 is 0.884 bits per heavy atom. The number of hydrogen-bond acceptors (Lipinski definition) is 0. The van der Waals surface area contributed by atoms with E-state index < -0.39 is 0 Å². The first kappa shape index (κ1) is 24.4. The Bertz CT molecular complexity index is 2240. The molecule has 0 spiro atoms. The van der Waals surface area contributed by atoms with Gasteiger partial charge >= 0.3 is 0 Å². The molecular weight excluding hydrogens is 516 g/mol. The van der Waals surface area contributed by atoms with Crippen LogP contribution in [-0.4, -0.2) is 0 Å². The van der Waals surface area contributed by atoms with Crippen molar-refractivity contribution in [2.75, 3.05) is 0 Å². The van der Waals surface area contributed by atoms with Gasteiger partial charge in [-0.15, -0.1) is 0 Å². The van der Waals surface area contributed by atoms with Crippen LogP contribution >= 0.6 is 0 Å². The molecule has 7 aromatic rings. The van der Waals surface area contributed by atoms with E-state index in [0.717, 1.165) is 0 Å². The minimum Gasteiger partial charge on any atom is -0.0619 e. The van der Waals surface area contributed by atoms with Gasteiger partial charge < -0.3 is 0 Å². The van der Waals surface area contributed by atoms with Crippen molar-refractivity contribution in [2.24, 2.45) is 0 Å². The summed E-state index contributed by atoms with van der Waals surface area (Å²) in [5, 5.41) is 2.68. The van der Waals surface area contributed by atoms with Gasteiger partial charge in [-0.3, -0.25) is 0 Å². The SMILES string of the molecule is CC1(C)c2ccccc2-c2ccc(-c3ccc(-c4cccc(-c5cc6c7c(cccc7c5)-c5ccccc5-6)c4)cc3)cc21. The maximum absolute atomic E-state index is 2.40. The van der Waals surface area contributed by atoms with E-state index in [9.17, 15) is 0 Å². The van der Waals surface area contributed by atoms with Crippen LogP contribution in [0.2, 0.25) is 0 Å². The summed E-state index contributed by atoms with van der Waals surface area (Å²) in [6.07, 6.45) is 0. The molecule has 0 atom stereocenters. The summed E-state index contributed by atoms with van der Waals surface area (Å²) in [4.78, 5) is 0. The highest BCUT2D eigenvalue weighted by atomic mass is 14.4. The maximum Gasteiger partial charge on any atom is 0.0159 e. The van der Waals surface area contributed by atoms with Crippen LogP contribution < -0.4 is 0 Å². The predicted octanol–water partition coefficient (Wildman–Crippen LogP) is 11.8. The normalized spacial score (nSPS) is 13.5. The number of benzene rings is 7. The Labute approximate surface area is 252 Å². The molecule has 0 saturated heterocycles. The van der Waals surface area contributed by atoms with E-state index >= 15 is 0 Å². The van der Waals surface area contributed by atoms with Crippen molar-refractivity contribution in [3.63, 3.8) is 0 Å². The van der Waals surface area contributed by atoms with Gasteiger partial charge in [-0.05, 0) is 113 Å². The van der Waals surface area contributed by atoms with Crippen molar-refractivity contribution in [3.05, 3.63) is 157 Å². The molecule has 43 heavy (non-hydrogen) atoms. The van der Waals surface area contributed by atoms with E-state index in [-0.39, 0.29) is 5.41 Å². The third kappa shape index (κ3) is 3.57. The predicted molar refractivity (Wildman–Crippen MR) is 182 cm³/mol. The van der Waals surface area contributed by atoms with Gasteiger partial charge in [0.25, 0.3) is 0 Å². The van der Waals surface area contributed by atoms with Crippen molar-refractivity contribution < 1.29 is 0 Å². The highest BCUT2D eigenvalue weighted by Crippen LogP contribution is 2.50. The average Bonchev–Trinajstić information content (AvgIpc) is 3.51. The molecule has 202 valence electrons. The summed E-state index contributed by atoms with van der Waals surface area (Å²) in [5.74, 6) is 0. The second kappa shape index (κ2) is 8.90. The fourth-order valence-electron chi connectivity index (χ4n) is 7.60. The number of rotatable bonds is 3. The minimum atomic E-state index is 0.00802. The van der Waals surface area contributed by atoms with Crippen LogP contribution in [0.25, 0.3) is 77.5 Å². The number of fused-ring (bicyclic) bond motifs is 6. The van der Waals surface area contributed by atoms with Gasteiger partial charge in [-0.2, -0.15) is 0 Å². The Morgan fingerprint density at radius 1 is 0.326 bits per heavy atom. The molecule has 0 heterocycles. The van der Waals surface area contributed by atoms with Crippen molar-refractivity contribution in [1.29, 1.82) is 0 Å². The zero-order valence-electron chi connectivity index (χ0n) is 24.4. The first-order chi connectivity index (χ1) is 21.1. The summed E-state index contributed by atoms with van der Waals surface area (Å²) in [6, 6.07) is 54.1. The summed E-state index contributed by atoms with van der Waals surface area (Å²) in [7, 11) is 0. The van der Waals surface area contributed by atoms with E-state index in [2.05, 4.69) is 159 Å². The van der Waals surface area contributed by atoms with Crippen LogP contribution in [0.4, 0.5) is 0 Å². The van der Waals surface area contributed by atoms with E-state index in [1.165, 1.54) is 88.7 Å². The van der Waals surface area contributed by atoms with Crippen molar-refractivity contribution in [1.82, 2.24) is 0 Å². The zero-order valence-corrected chi connectivity index (χ0v) is 24.4. The van der Waals surface area contributed by atoms with Crippen LogP contribution in [0.5, 0.6) is 0 Å². The molecule has 2 aliphatic rings. The van der Waals surface area contributed by atoms with Gasteiger partial charge in [0.1, 0.15) is 0 Å². The van der Waals surface area contributed by atoms with E-state index in [1.54, 1.807) is 0 Å². The summed E-state index contributed by atoms with van der Waals surface area (Å²) < 4.78 is 0. The lowest BCUT2D eigenvalue weighted by Gasteiger charge is -2.22. The van der Waals surface area contributed by atoms with Gasteiger partial charge in [-0.25, -0.2) is 0 Å². The molecule has 0 amide bonds. The summed E-state index contributed by atoms with van der Waals surface area (Å²) in [6.45, 7) is 4.69. The molecular formula is C43H30. The Kier molecular flexibility index (Phi) is 5.05. The van der Waals surface area contributed by atoms with Gasteiger partial charge in [0.2, 0.25) is 0 Å². The molecule has 0 unspecified atom stereocenters. The van der Waals surface area contributed by atoms with E-state index in [1.807, 2.05) is 0 Å². The van der Waals surface area contributed by atoms with E-state index in [0.29, 0.717) is 0 Å². The van der Waals surface area contributed by atoms with Crippen molar-refractivity contribution in [3.8, 4) is 66.8 Å². The Balaban J connectivity index is 1.07. The fraction of sp³-hybridized carbons (Fsp3) is 0.0698. The zero-order chi connectivity index (χ0) is 28.7. The van der Waals surface area contributed by atoms with Gasteiger partial charge in [-0.1, -0.05) is 135 Å². The van der Waals surface area contributed by atoms with Crippen molar-refractivity contribution >= 4 is 10.8 Å². The lowest BCUT2D eigenvalue weighted by Crippen LogP contribution is -2.14. The van der Waals surface area contributed by atoms with Crippen LogP contribution in [0.1, 0.15) is 25.0 Å². The van der Waals surface area contributed by atoms with Gasteiger partial charge in [0.05, 0.1) is 0 Å². The first-order valence-corrected chi connectivity index (χ1v) is 15.2. The molecule has 0 N–H and O–H groups in total. The highest BCUT2D eigenvalue weighted by molar-refractivity contribution is 6.16. The third-order valence-electron chi connectivity index (χ3n) is 9.82. The lowest BCUT2D eigenvalue weighted by atomic mass is 9.81. The maximum atomic E-state index is 2.40. The molecule has 0 radical (unpaired) electrons. The summed E-state index contributed by atoms with van der Waals surface area (Å²) >= 11 is 0. The molecule has 0 heteroatoms. The van der Waals surface area contributed by atoms with Gasteiger partial charge in [0, 0.05) is 5.41 Å². The lowest BCUT2D eigenvalue weighted by molar-refractivity contribution is 0.660. The van der Waals surface area contributed by atoms with Crippen LogP contribution in [0.3, 0.4) is 0 Å². The van der Waals surface area contributed by atoms with Crippen LogP contribution in [-0.2, 0) is 5.41 Å². The molecule has 2 aliphatic carbocycles. The molecule has 0 fully saturated rings. The highest BCUT2D eigenvalue weighted by Gasteiger charge is 2.35. The molecule has 9 rings (SSSR count). The molecule has 0 aromatic heterocycles. The summed E-state index contributed by atoms with van der Waals surface area (Å²) in [5.41, 5.74) is 18.4. The average molecular weight is 547 g/mol. The monoisotopic (exact) mass is 546 g/mol. The third-order valence-corrected chi connectivity index (χ3v) is 9.82. The Hall–Kier alpha value is -5.20. The number of hydrogen-bond donors (Lipinski definition) is 0. The largest absolute Gasteiger partial charge is 0.0619 e.